The van der Waals surface area contributed by atoms with E-state index < -0.39 is 23.0 Å². The summed E-state index contributed by atoms with van der Waals surface area (Å²) in [6, 6.07) is 0. The van der Waals surface area contributed by atoms with Crippen molar-refractivity contribution < 1.29 is 19.4 Å². The molecule has 4 nitrogen and oxygen atoms in total. The van der Waals surface area contributed by atoms with Crippen molar-refractivity contribution in [3.63, 3.8) is 0 Å². The van der Waals surface area contributed by atoms with E-state index in [4.69, 9.17) is 4.74 Å². The molecule has 3 atom stereocenters. The molecule has 2 saturated carbocycles. The van der Waals surface area contributed by atoms with Crippen molar-refractivity contribution in [3.8, 4) is 0 Å². The van der Waals surface area contributed by atoms with E-state index in [0.29, 0.717) is 30.6 Å². The summed E-state index contributed by atoms with van der Waals surface area (Å²) in [5, 5.41) is 9.49. The molecule has 21 heavy (non-hydrogen) atoms. The number of carbonyl (C=O) groups is 2. The van der Waals surface area contributed by atoms with Crippen molar-refractivity contribution in [2.45, 2.75) is 58.0 Å². The predicted octanol–water partition coefficient (Wildman–Crippen LogP) is 3.17. The van der Waals surface area contributed by atoms with Gasteiger partial charge in [-0.25, -0.2) is 0 Å². The van der Waals surface area contributed by atoms with Gasteiger partial charge in [0.15, 0.2) is 5.41 Å². The number of hydrogen-bond donors (Lipinski definition) is 1. The van der Waals surface area contributed by atoms with Crippen LogP contribution in [0.5, 0.6) is 0 Å². The summed E-state index contributed by atoms with van der Waals surface area (Å²) in [6.45, 7) is 3.88. The Labute approximate surface area is 125 Å². The summed E-state index contributed by atoms with van der Waals surface area (Å²) in [4.78, 5) is 24.2. The topological polar surface area (TPSA) is 63.6 Å². The maximum atomic E-state index is 12.6. The molecular weight excluding hydrogens is 268 g/mol. The SMILES string of the molecule is CC(C)(OC(=O)C1(C(=O)O)CCCC1)C1CC2C=CC1C2. The minimum atomic E-state index is -1.30. The molecule has 2 bridgehead atoms. The number of ether oxygens (including phenoxy) is 1. The minimum absolute atomic E-state index is 0.309. The second-order valence-electron chi connectivity index (χ2n) is 7.47. The maximum absolute atomic E-state index is 12.6. The van der Waals surface area contributed by atoms with Crippen LogP contribution in [0.15, 0.2) is 12.2 Å². The van der Waals surface area contributed by atoms with Crippen LogP contribution in [-0.2, 0) is 14.3 Å². The number of hydrogen-bond acceptors (Lipinski definition) is 3. The first kappa shape index (κ1) is 14.6. The summed E-state index contributed by atoms with van der Waals surface area (Å²) in [5.41, 5.74) is -1.89. The first-order valence-electron chi connectivity index (χ1n) is 8.00. The summed E-state index contributed by atoms with van der Waals surface area (Å²) in [5.74, 6) is -0.151. The molecule has 0 spiro atoms. The first-order chi connectivity index (χ1) is 9.85. The lowest BCUT2D eigenvalue weighted by Gasteiger charge is -2.37. The van der Waals surface area contributed by atoms with Crippen molar-refractivity contribution in [2.24, 2.45) is 23.2 Å². The molecule has 3 rings (SSSR count). The van der Waals surface area contributed by atoms with E-state index >= 15 is 0 Å². The van der Waals surface area contributed by atoms with Crippen LogP contribution in [0.2, 0.25) is 0 Å². The fourth-order valence-electron chi connectivity index (χ4n) is 4.48. The Morgan fingerprint density at radius 1 is 1.19 bits per heavy atom. The molecular formula is C17H24O4. The van der Waals surface area contributed by atoms with Gasteiger partial charge in [-0.3, -0.25) is 9.59 Å². The minimum Gasteiger partial charge on any atom is -0.480 e. The Morgan fingerprint density at radius 3 is 2.33 bits per heavy atom. The number of carboxylic acid groups (broad SMARTS) is 1. The van der Waals surface area contributed by atoms with Crippen molar-refractivity contribution in [1.82, 2.24) is 0 Å². The van der Waals surface area contributed by atoms with Crippen molar-refractivity contribution in [3.05, 3.63) is 12.2 Å². The van der Waals surface area contributed by atoms with Crippen molar-refractivity contribution in [1.29, 1.82) is 0 Å². The van der Waals surface area contributed by atoms with Crippen LogP contribution in [0, 0.1) is 23.2 Å². The second-order valence-corrected chi connectivity index (χ2v) is 7.47. The quantitative estimate of drug-likeness (QED) is 0.491. The van der Waals surface area contributed by atoms with Gasteiger partial charge in [0.1, 0.15) is 5.60 Å². The van der Waals surface area contributed by atoms with Crippen LogP contribution in [0.3, 0.4) is 0 Å². The Kier molecular flexibility index (Phi) is 3.38. The standard InChI is InChI=1S/C17H24O4/c1-16(2,13-10-11-5-6-12(13)9-11)21-15(20)17(14(18)19)7-3-4-8-17/h5-6,11-13H,3-4,7-10H2,1-2H3,(H,18,19). The molecule has 0 amide bonds. The smallest absolute Gasteiger partial charge is 0.324 e. The lowest BCUT2D eigenvalue weighted by Crippen LogP contribution is -2.46. The van der Waals surface area contributed by atoms with Gasteiger partial charge in [-0.1, -0.05) is 25.0 Å². The zero-order chi connectivity index (χ0) is 15.3. The Balaban J connectivity index is 1.74. The van der Waals surface area contributed by atoms with E-state index in [1.807, 2.05) is 13.8 Å². The third-order valence-electron chi connectivity index (χ3n) is 5.78. The molecule has 0 aromatic rings. The fourth-order valence-corrected chi connectivity index (χ4v) is 4.48. The van der Waals surface area contributed by atoms with Crippen LogP contribution in [0.4, 0.5) is 0 Å². The number of rotatable bonds is 4. The molecule has 0 heterocycles. The molecule has 3 aliphatic rings. The zero-order valence-electron chi connectivity index (χ0n) is 12.8. The van der Waals surface area contributed by atoms with Gasteiger partial charge in [-0.05, 0) is 51.4 Å². The van der Waals surface area contributed by atoms with Crippen LogP contribution in [0.25, 0.3) is 0 Å². The lowest BCUT2D eigenvalue weighted by molar-refractivity contribution is -0.182. The summed E-state index contributed by atoms with van der Waals surface area (Å²) < 4.78 is 5.77. The maximum Gasteiger partial charge on any atom is 0.324 e. The molecule has 0 aromatic heterocycles. The Hall–Kier alpha value is -1.32. The first-order valence-corrected chi connectivity index (χ1v) is 8.00. The predicted molar refractivity (Wildman–Crippen MR) is 77.6 cm³/mol. The third-order valence-corrected chi connectivity index (χ3v) is 5.78. The molecule has 0 saturated heterocycles. The van der Waals surface area contributed by atoms with Gasteiger partial charge in [0.05, 0.1) is 0 Å². The Bertz CT molecular complexity index is 485. The summed E-state index contributed by atoms with van der Waals surface area (Å²) in [7, 11) is 0. The number of carbonyl (C=O) groups excluding carboxylic acids is 1. The molecule has 1 N–H and O–H groups in total. The number of carboxylic acids is 1. The lowest BCUT2D eigenvalue weighted by atomic mass is 9.79. The number of aliphatic carboxylic acids is 1. The second kappa shape index (κ2) is 4.85. The molecule has 0 aromatic carbocycles. The van der Waals surface area contributed by atoms with Gasteiger partial charge >= 0.3 is 11.9 Å². The molecule has 3 aliphatic carbocycles. The highest BCUT2D eigenvalue weighted by molar-refractivity contribution is 5.99. The highest BCUT2D eigenvalue weighted by Crippen LogP contribution is 2.50. The van der Waals surface area contributed by atoms with Gasteiger partial charge in [0.2, 0.25) is 0 Å². The number of allylic oxidation sites excluding steroid dienone is 2. The summed E-state index contributed by atoms with van der Waals surface area (Å²) >= 11 is 0. The normalized spacial score (nSPS) is 33.3. The largest absolute Gasteiger partial charge is 0.480 e. The van der Waals surface area contributed by atoms with Gasteiger partial charge in [0.25, 0.3) is 0 Å². The third kappa shape index (κ3) is 2.29. The van der Waals surface area contributed by atoms with Gasteiger partial charge in [0, 0.05) is 5.92 Å². The monoisotopic (exact) mass is 292 g/mol. The molecule has 0 aliphatic heterocycles. The molecule has 4 heteroatoms. The van der Waals surface area contributed by atoms with Crippen LogP contribution < -0.4 is 0 Å². The number of esters is 1. The van der Waals surface area contributed by atoms with E-state index in [9.17, 15) is 14.7 Å². The summed E-state index contributed by atoms with van der Waals surface area (Å²) in [6.07, 6.45) is 9.09. The van der Waals surface area contributed by atoms with E-state index in [-0.39, 0.29) is 0 Å². The number of fused-ring (bicyclic) bond motifs is 2. The zero-order valence-corrected chi connectivity index (χ0v) is 12.8. The highest BCUT2D eigenvalue weighted by Gasteiger charge is 2.53. The van der Waals surface area contributed by atoms with Gasteiger partial charge in [-0.2, -0.15) is 0 Å². The Morgan fingerprint density at radius 2 is 1.86 bits per heavy atom. The van der Waals surface area contributed by atoms with Crippen molar-refractivity contribution in [2.75, 3.05) is 0 Å². The highest BCUT2D eigenvalue weighted by atomic mass is 16.6. The average Bonchev–Trinajstić information content (AvgIpc) is 3.14. The van der Waals surface area contributed by atoms with E-state index in [1.165, 1.54) is 0 Å². The van der Waals surface area contributed by atoms with Crippen LogP contribution >= 0.6 is 0 Å². The molecule has 3 unspecified atom stereocenters. The van der Waals surface area contributed by atoms with Gasteiger partial charge in [-0.15, -0.1) is 0 Å². The van der Waals surface area contributed by atoms with Crippen LogP contribution in [-0.4, -0.2) is 22.6 Å². The van der Waals surface area contributed by atoms with Gasteiger partial charge < -0.3 is 9.84 Å². The van der Waals surface area contributed by atoms with Crippen molar-refractivity contribution >= 4 is 11.9 Å². The van der Waals surface area contributed by atoms with E-state index in [1.54, 1.807) is 0 Å². The molecule has 116 valence electrons. The van der Waals surface area contributed by atoms with Crippen LogP contribution in [0.1, 0.15) is 52.4 Å². The molecule has 2 fully saturated rings. The average molecular weight is 292 g/mol. The van der Waals surface area contributed by atoms with E-state index in [0.717, 1.165) is 25.7 Å². The molecule has 0 radical (unpaired) electrons. The fraction of sp³-hybridized carbons (Fsp3) is 0.765. The van der Waals surface area contributed by atoms with E-state index in [2.05, 4.69) is 12.2 Å².